The van der Waals surface area contributed by atoms with E-state index in [2.05, 4.69) is 30.4 Å². The van der Waals surface area contributed by atoms with E-state index >= 15 is 0 Å². The lowest BCUT2D eigenvalue weighted by Gasteiger charge is -2.08. The second-order valence-corrected chi connectivity index (χ2v) is 5.54. The Morgan fingerprint density at radius 1 is 1.47 bits per heavy atom. The van der Waals surface area contributed by atoms with Crippen molar-refractivity contribution in [2.75, 3.05) is 4.72 Å². The van der Waals surface area contributed by atoms with Crippen molar-refractivity contribution < 1.29 is 8.42 Å². The van der Waals surface area contributed by atoms with Crippen molar-refractivity contribution >= 4 is 31.8 Å². The average molecular weight is 292 g/mol. The minimum atomic E-state index is -3.46. The summed E-state index contributed by atoms with van der Waals surface area (Å²) in [5.74, 6) is 0. The molecule has 0 radical (unpaired) electrons. The van der Waals surface area contributed by atoms with Crippen LogP contribution in [0.2, 0.25) is 0 Å². The summed E-state index contributed by atoms with van der Waals surface area (Å²) in [5, 5.41) is 0. The second-order valence-electron chi connectivity index (χ2n) is 3.34. The number of halogens is 1. The first-order valence-electron chi connectivity index (χ1n) is 4.47. The van der Waals surface area contributed by atoms with Gasteiger partial charge in [0.25, 0.3) is 10.2 Å². The van der Waals surface area contributed by atoms with Gasteiger partial charge >= 0.3 is 0 Å². The smallest absolute Gasteiger partial charge is 0.268 e. The van der Waals surface area contributed by atoms with E-state index in [1.165, 1.54) is 0 Å². The highest BCUT2D eigenvalue weighted by molar-refractivity contribution is 9.10. The first kappa shape index (κ1) is 10.8. The van der Waals surface area contributed by atoms with Gasteiger partial charge in [0.15, 0.2) is 0 Å². The molecule has 82 valence electrons. The molecule has 1 aliphatic carbocycles. The van der Waals surface area contributed by atoms with Crippen LogP contribution >= 0.6 is 15.9 Å². The van der Waals surface area contributed by atoms with Crippen LogP contribution in [-0.2, 0) is 10.2 Å². The number of pyridine rings is 1. The van der Waals surface area contributed by atoms with Gasteiger partial charge < -0.3 is 0 Å². The van der Waals surface area contributed by atoms with Crippen LogP contribution in [-0.4, -0.2) is 19.4 Å². The zero-order valence-electron chi connectivity index (χ0n) is 7.77. The topological polar surface area (TPSA) is 71.1 Å². The van der Waals surface area contributed by atoms with Crippen LogP contribution in [0, 0.1) is 0 Å². The van der Waals surface area contributed by atoms with Gasteiger partial charge in [-0.2, -0.15) is 13.1 Å². The molecule has 15 heavy (non-hydrogen) atoms. The highest BCUT2D eigenvalue weighted by Gasteiger charge is 2.27. The summed E-state index contributed by atoms with van der Waals surface area (Å²) in [6.07, 6.45) is 3.40. The van der Waals surface area contributed by atoms with Crippen LogP contribution in [0.25, 0.3) is 0 Å². The van der Waals surface area contributed by atoms with Crippen molar-refractivity contribution in [2.24, 2.45) is 0 Å². The molecular formula is C8H10BrN3O2S. The third-order valence-corrected chi connectivity index (χ3v) is 3.67. The highest BCUT2D eigenvalue weighted by Crippen LogP contribution is 2.22. The molecule has 0 aliphatic heterocycles. The van der Waals surface area contributed by atoms with E-state index < -0.39 is 10.2 Å². The largest absolute Gasteiger partial charge is 0.299 e. The van der Waals surface area contributed by atoms with Crippen LogP contribution < -0.4 is 9.44 Å². The second kappa shape index (κ2) is 4.07. The molecule has 1 aromatic heterocycles. The Morgan fingerprint density at radius 2 is 2.20 bits per heavy atom. The SMILES string of the molecule is O=S(=O)(Nc1cccnc1Br)NC1CC1. The van der Waals surface area contributed by atoms with Crippen molar-refractivity contribution in [3.8, 4) is 0 Å². The number of hydrogen-bond donors (Lipinski definition) is 2. The molecule has 1 aliphatic rings. The van der Waals surface area contributed by atoms with Crippen molar-refractivity contribution in [1.29, 1.82) is 0 Å². The first-order valence-corrected chi connectivity index (χ1v) is 6.75. The van der Waals surface area contributed by atoms with Gasteiger partial charge in [0, 0.05) is 12.2 Å². The number of rotatable bonds is 4. The summed E-state index contributed by atoms with van der Waals surface area (Å²) in [6, 6.07) is 3.40. The van der Waals surface area contributed by atoms with Gasteiger partial charge in [-0.3, -0.25) is 4.72 Å². The maximum absolute atomic E-state index is 11.5. The zero-order chi connectivity index (χ0) is 10.9. The Labute approximate surface area is 96.6 Å². The standard InChI is InChI=1S/C8H10BrN3O2S/c9-8-7(2-1-5-10-8)12-15(13,14)11-6-3-4-6/h1-2,5-6,11-12H,3-4H2. The van der Waals surface area contributed by atoms with E-state index in [1.54, 1.807) is 18.3 Å². The molecule has 1 saturated carbocycles. The molecule has 5 nitrogen and oxygen atoms in total. The summed E-state index contributed by atoms with van der Waals surface area (Å²) in [4.78, 5) is 3.92. The first-order chi connectivity index (χ1) is 7.07. The monoisotopic (exact) mass is 291 g/mol. The Morgan fingerprint density at radius 3 is 2.80 bits per heavy atom. The number of nitrogens with zero attached hydrogens (tertiary/aromatic N) is 1. The average Bonchev–Trinajstić information content (AvgIpc) is 2.91. The van der Waals surface area contributed by atoms with E-state index in [4.69, 9.17) is 0 Å². The number of nitrogens with one attached hydrogen (secondary N) is 2. The number of anilines is 1. The molecule has 0 spiro atoms. The van der Waals surface area contributed by atoms with E-state index in [1.807, 2.05) is 0 Å². The Bertz CT molecular complexity index is 459. The van der Waals surface area contributed by atoms with Gasteiger partial charge in [-0.15, -0.1) is 0 Å². The Balaban J connectivity index is 2.10. The predicted octanol–water partition coefficient (Wildman–Crippen LogP) is 1.25. The fourth-order valence-electron chi connectivity index (χ4n) is 1.06. The highest BCUT2D eigenvalue weighted by atomic mass is 79.9. The van der Waals surface area contributed by atoms with E-state index in [0.29, 0.717) is 10.3 Å². The molecule has 0 amide bonds. The number of hydrogen-bond acceptors (Lipinski definition) is 3. The quantitative estimate of drug-likeness (QED) is 0.821. The molecular weight excluding hydrogens is 282 g/mol. The van der Waals surface area contributed by atoms with Crippen LogP contribution in [0.1, 0.15) is 12.8 Å². The lowest BCUT2D eigenvalue weighted by Crippen LogP contribution is -2.31. The maximum Gasteiger partial charge on any atom is 0.299 e. The fraction of sp³-hybridized carbons (Fsp3) is 0.375. The minimum absolute atomic E-state index is 0.0953. The molecule has 7 heteroatoms. The Kier molecular flexibility index (Phi) is 2.94. The summed E-state index contributed by atoms with van der Waals surface area (Å²) in [6.45, 7) is 0. The number of aromatic nitrogens is 1. The van der Waals surface area contributed by atoms with Crippen molar-refractivity contribution in [1.82, 2.24) is 9.71 Å². The maximum atomic E-state index is 11.5. The van der Waals surface area contributed by atoms with Gasteiger partial charge in [-0.25, -0.2) is 4.98 Å². The van der Waals surface area contributed by atoms with E-state index in [9.17, 15) is 8.42 Å². The third-order valence-electron chi connectivity index (χ3n) is 1.90. The molecule has 2 N–H and O–H groups in total. The molecule has 0 aromatic carbocycles. The predicted molar refractivity (Wildman–Crippen MR) is 60.6 cm³/mol. The normalized spacial score (nSPS) is 16.3. The summed E-state index contributed by atoms with van der Waals surface area (Å²) in [5.41, 5.74) is 0.436. The molecule has 0 unspecified atom stereocenters. The lowest BCUT2D eigenvalue weighted by atomic mass is 10.4. The summed E-state index contributed by atoms with van der Waals surface area (Å²) >= 11 is 3.16. The van der Waals surface area contributed by atoms with Crippen molar-refractivity contribution in [3.63, 3.8) is 0 Å². The van der Waals surface area contributed by atoms with Gasteiger partial charge in [0.1, 0.15) is 4.60 Å². The van der Waals surface area contributed by atoms with Crippen LogP contribution in [0.3, 0.4) is 0 Å². The molecule has 1 fully saturated rings. The minimum Gasteiger partial charge on any atom is -0.268 e. The zero-order valence-corrected chi connectivity index (χ0v) is 10.2. The van der Waals surface area contributed by atoms with Crippen LogP contribution in [0.15, 0.2) is 22.9 Å². The molecule has 0 atom stereocenters. The Hall–Kier alpha value is -0.660. The summed E-state index contributed by atoms with van der Waals surface area (Å²) < 4.78 is 28.5. The van der Waals surface area contributed by atoms with Crippen LogP contribution in [0.4, 0.5) is 5.69 Å². The van der Waals surface area contributed by atoms with Crippen molar-refractivity contribution in [2.45, 2.75) is 18.9 Å². The molecule has 0 bridgehead atoms. The fourth-order valence-corrected chi connectivity index (χ4v) is 2.73. The lowest BCUT2D eigenvalue weighted by molar-refractivity contribution is 0.586. The van der Waals surface area contributed by atoms with Gasteiger partial charge in [-0.05, 0) is 40.9 Å². The molecule has 1 heterocycles. The van der Waals surface area contributed by atoms with Gasteiger partial charge in [0.2, 0.25) is 0 Å². The summed E-state index contributed by atoms with van der Waals surface area (Å²) in [7, 11) is -3.46. The van der Waals surface area contributed by atoms with E-state index in [-0.39, 0.29) is 6.04 Å². The van der Waals surface area contributed by atoms with E-state index in [0.717, 1.165) is 12.8 Å². The molecule has 0 saturated heterocycles. The van der Waals surface area contributed by atoms with Gasteiger partial charge in [-0.1, -0.05) is 0 Å². The molecule has 1 aromatic rings. The van der Waals surface area contributed by atoms with Crippen LogP contribution in [0.5, 0.6) is 0 Å². The van der Waals surface area contributed by atoms with Gasteiger partial charge in [0.05, 0.1) is 5.69 Å². The van der Waals surface area contributed by atoms with Crippen molar-refractivity contribution in [3.05, 3.63) is 22.9 Å². The third kappa shape index (κ3) is 3.15. The molecule has 2 rings (SSSR count).